The summed E-state index contributed by atoms with van der Waals surface area (Å²) in [4.78, 5) is 22.8. The van der Waals surface area contributed by atoms with Crippen LogP contribution in [0.4, 0.5) is 5.95 Å². The lowest BCUT2D eigenvalue weighted by Gasteiger charge is -2.25. The number of hydrogen-bond donors (Lipinski definition) is 1. The third-order valence-corrected chi connectivity index (χ3v) is 5.72. The van der Waals surface area contributed by atoms with Crippen LogP contribution in [0.3, 0.4) is 0 Å². The predicted octanol–water partition coefficient (Wildman–Crippen LogP) is 3.54. The number of rotatable bonds is 9. The highest BCUT2D eigenvalue weighted by atomic mass is 16.5. The first kappa shape index (κ1) is 22.6. The average Bonchev–Trinajstić information content (AvgIpc) is 3.30. The van der Waals surface area contributed by atoms with Gasteiger partial charge in [0.1, 0.15) is 6.61 Å². The number of carbonyl (C=O) groups is 1. The molecular weight excluding hydrogens is 426 g/mol. The van der Waals surface area contributed by atoms with Crippen molar-refractivity contribution in [3.8, 4) is 17.4 Å². The summed E-state index contributed by atoms with van der Waals surface area (Å²) in [6.45, 7) is 1.66. The third-order valence-electron chi connectivity index (χ3n) is 5.72. The molecule has 9 heteroatoms. The minimum Gasteiger partial charge on any atom is -0.493 e. The molecule has 174 valence electrons. The summed E-state index contributed by atoms with van der Waals surface area (Å²) in [6.07, 6.45) is 2.04. The topological polar surface area (TPSA) is 103 Å². The fraction of sp³-hybridized carbons (Fsp3) is 0.375. The molecule has 0 unspecified atom stereocenters. The number of benzene rings is 2. The molecule has 0 saturated carbocycles. The molecule has 2 heterocycles. The zero-order valence-electron chi connectivity index (χ0n) is 18.9. The Bertz CT molecular complexity index is 1140. The van der Waals surface area contributed by atoms with Gasteiger partial charge in [-0.25, -0.2) is 9.78 Å². The summed E-state index contributed by atoms with van der Waals surface area (Å²) in [5, 5.41) is 9.80. The number of carboxylic acid groups (broad SMARTS) is 1. The largest absolute Gasteiger partial charge is 0.493 e. The van der Waals surface area contributed by atoms with E-state index in [0.717, 1.165) is 24.9 Å². The van der Waals surface area contributed by atoms with Crippen molar-refractivity contribution in [2.24, 2.45) is 0 Å². The van der Waals surface area contributed by atoms with Crippen molar-refractivity contribution in [2.45, 2.75) is 25.5 Å². The van der Waals surface area contributed by atoms with E-state index in [2.05, 4.69) is 4.90 Å². The summed E-state index contributed by atoms with van der Waals surface area (Å²) in [7, 11) is 4.85. The molecule has 0 radical (unpaired) electrons. The van der Waals surface area contributed by atoms with Gasteiger partial charge in [-0.1, -0.05) is 12.1 Å². The Morgan fingerprint density at radius 2 is 1.82 bits per heavy atom. The fourth-order valence-corrected chi connectivity index (χ4v) is 4.01. The van der Waals surface area contributed by atoms with Crippen LogP contribution in [0.25, 0.3) is 10.9 Å². The molecular formula is C24H27N3O6. The van der Waals surface area contributed by atoms with Crippen LogP contribution < -0.4 is 19.1 Å². The summed E-state index contributed by atoms with van der Waals surface area (Å²) < 4.78 is 22.4. The number of nitrogens with zero attached hydrogens (tertiary/aromatic N) is 3. The molecule has 1 aromatic heterocycles. The van der Waals surface area contributed by atoms with Crippen molar-refractivity contribution < 1.29 is 28.8 Å². The van der Waals surface area contributed by atoms with Gasteiger partial charge in [-0.05, 0) is 36.6 Å². The van der Waals surface area contributed by atoms with Crippen LogP contribution in [0, 0.1) is 0 Å². The molecule has 3 aromatic rings. The van der Waals surface area contributed by atoms with Crippen LogP contribution in [0.2, 0.25) is 0 Å². The third kappa shape index (κ3) is 4.78. The Hall–Kier alpha value is -3.59. The lowest BCUT2D eigenvalue weighted by molar-refractivity contribution is 0.0697. The Kier molecular flexibility index (Phi) is 6.79. The number of carboxylic acids is 1. The quantitative estimate of drug-likeness (QED) is 0.521. The first-order valence-corrected chi connectivity index (χ1v) is 10.7. The van der Waals surface area contributed by atoms with Crippen LogP contribution in [-0.2, 0) is 11.3 Å². The van der Waals surface area contributed by atoms with Gasteiger partial charge in [0.2, 0.25) is 11.8 Å². The minimum absolute atomic E-state index is 0.198. The monoisotopic (exact) mass is 453 g/mol. The van der Waals surface area contributed by atoms with E-state index in [-0.39, 0.29) is 18.2 Å². The Balaban J connectivity index is 1.72. The van der Waals surface area contributed by atoms with Gasteiger partial charge < -0.3 is 29.0 Å². The van der Waals surface area contributed by atoms with Gasteiger partial charge >= 0.3 is 5.97 Å². The van der Waals surface area contributed by atoms with E-state index >= 15 is 0 Å². The number of aromatic carboxylic acids is 1. The minimum atomic E-state index is -0.967. The van der Waals surface area contributed by atoms with Gasteiger partial charge in [-0.2, -0.15) is 4.98 Å². The van der Waals surface area contributed by atoms with Gasteiger partial charge in [-0.3, -0.25) is 0 Å². The number of anilines is 1. The van der Waals surface area contributed by atoms with Gasteiger partial charge in [-0.15, -0.1) is 0 Å². The van der Waals surface area contributed by atoms with E-state index in [1.807, 2.05) is 6.07 Å². The number of aromatic nitrogens is 2. The van der Waals surface area contributed by atoms with Crippen LogP contribution in [0.1, 0.15) is 28.8 Å². The van der Waals surface area contributed by atoms with Crippen LogP contribution in [0.5, 0.6) is 17.4 Å². The number of methoxy groups -OCH3 is 3. The van der Waals surface area contributed by atoms with Crippen LogP contribution in [0.15, 0.2) is 36.4 Å². The predicted molar refractivity (Wildman–Crippen MR) is 123 cm³/mol. The molecule has 0 aliphatic carbocycles. The fourth-order valence-electron chi connectivity index (χ4n) is 4.01. The summed E-state index contributed by atoms with van der Waals surface area (Å²) in [5.41, 5.74) is 1.73. The normalized spacial score (nSPS) is 15.6. The number of fused-ring (bicyclic) bond motifs is 1. The molecule has 4 rings (SSSR count). The maximum atomic E-state index is 11.1. The van der Waals surface area contributed by atoms with E-state index in [4.69, 9.17) is 34.0 Å². The second-order valence-electron chi connectivity index (χ2n) is 7.79. The molecule has 1 N–H and O–H groups in total. The zero-order valence-corrected chi connectivity index (χ0v) is 18.9. The van der Waals surface area contributed by atoms with Gasteiger partial charge in [0, 0.05) is 19.7 Å². The summed E-state index contributed by atoms with van der Waals surface area (Å²) in [5.74, 6) is 1.15. The Labute approximate surface area is 191 Å². The zero-order chi connectivity index (χ0) is 23.4. The molecule has 1 aliphatic rings. The van der Waals surface area contributed by atoms with Gasteiger partial charge in [0.15, 0.2) is 11.5 Å². The summed E-state index contributed by atoms with van der Waals surface area (Å²) >= 11 is 0. The van der Waals surface area contributed by atoms with E-state index in [1.165, 1.54) is 0 Å². The molecule has 1 aliphatic heterocycles. The highest BCUT2D eigenvalue weighted by Gasteiger charge is 2.28. The Morgan fingerprint density at radius 3 is 2.48 bits per heavy atom. The highest BCUT2D eigenvalue weighted by Crippen LogP contribution is 2.37. The number of hydrogen-bond acceptors (Lipinski definition) is 8. The second kappa shape index (κ2) is 9.91. The van der Waals surface area contributed by atoms with Crippen LogP contribution >= 0.6 is 0 Å². The standard InChI is InChI=1S/C24H27N3O6/c1-30-14-17-5-4-10-27(17)24-25-19-12-21(32-3)20(31-2)11-18(19)22(26-24)33-13-15-6-8-16(9-7-15)23(28)29/h6-9,11-12,17H,4-5,10,13-14H2,1-3H3,(H,28,29)/t17-/m0/s1. The van der Waals surface area contributed by atoms with Crippen molar-refractivity contribution in [3.63, 3.8) is 0 Å². The molecule has 33 heavy (non-hydrogen) atoms. The lowest BCUT2D eigenvalue weighted by Crippen LogP contribution is -2.34. The maximum Gasteiger partial charge on any atom is 0.335 e. The van der Waals surface area contributed by atoms with Crippen LogP contribution in [-0.4, -0.2) is 61.6 Å². The smallest absolute Gasteiger partial charge is 0.335 e. The van der Waals surface area contributed by atoms with Crippen molar-refractivity contribution in [2.75, 3.05) is 39.4 Å². The van der Waals surface area contributed by atoms with Crippen molar-refractivity contribution >= 4 is 22.8 Å². The van der Waals surface area contributed by atoms with Gasteiger partial charge in [0.25, 0.3) is 0 Å². The van der Waals surface area contributed by atoms with E-state index in [0.29, 0.717) is 40.8 Å². The molecule has 0 spiro atoms. The molecule has 0 amide bonds. The molecule has 1 saturated heterocycles. The first-order valence-electron chi connectivity index (χ1n) is 10.7. The average molecular weight is 453 g/mol. The molecule has 2 aromatic carbocycles. The van der Waals surface area contributed by atoms with Crippen molar-refractivity contribution in [3.05, 3.63) is 47.5 Å². The van der Waals surface area contributed by atoms with E-state index in [1.54, 1.807) is 51.7 Å². The Morgan fingerprint density at radius 1 is 1.09 bits per heavy atom. The molecule has 0 bridgehead atoms. The van der Waals surface area contributed by atoms with Gasteiger partial charge in [0.05, 0.1) is 43.3 Å². The van der Waals surface area contributed by atoms with Crippen molar-refractivity contribution in [1.82, 2.24) is 9.97 Å². The maximum absolute atomic E-state index is 11.1. The summed E-state index contributed by atoms with van der Waals surface area (Å²) in [6, 6.07) is 10.4. The number of ether oxygens (including phenoxy) is 4. The molecule has 1 atom stereocenters. The van der Waals surface area contributed by atoms with Crippen molar-refractivity contribution in [1.29, 1.82) is 0 Å². The van der Waals surface area contributed by atoms with E-state index < -0.39 is 5.97 Å². The SMILES string of the molecule is COC[C@@H]1CCCN1c1nc(OCc2ccc(C(=O)O)cc2)c2cc(OC)c(OC)cc2n1. The lowest BCUT2D eigenvalue weighted by atomic mass is 10.1. The van der Waals surface area contributed by atoms with E-state index in [9.17, 15) is 4.79 Å². The highest BCUT2D eigenvalue weighted by molar-refractivity contribution is 5.88. The second-order valence-corrected chi connectivity index (χ2v) is 7.79. The molecule has 1 fully saturated rings. The first-order chi connectivity index (χ1) is 16.0. The molecule has 9 nitrogen and oxygen atoms in total.